The van der Waals surface area contributed by atoms with Gasteiger partial charge in [0.2, 0.25) is 12.1 Å². The Morgan fingerprint density at radius 3 is 2.35 bits per heavy atom. The molecule has 2 aromatic carbocycles. The largest absolute Gasteiger partial charge is 0.513 e. The van der Waals surface area contributed by atoms with E-state index < -0.39 is 17.9 Å². The molecular formula is C24H23O7. The molecule has 0 bridgehead atoms. The highest BCUT2D eigenvalue weighted by molar-refractivity contribution is 6.13. The molecule has 0 amide bonds. The van der Waals surface area contributed by atoms with Crippen molar-refractivity contribution in [2.75, 3.05) is 6.61 Å². The second kappa shape index (κ2) is 10.5. The summed E-state index contributed by atoms with van der Waals surface area (Å²) in [5.41, 5.74) is 0.0392. The highest BCUT2D eigenvalue weighted by atomic mass is 16.7. The smallest absolute Gasteiger partial charge is 0.434 e. The fourth-order valence-electron chi connectivity index (χ4n) is 3.55. The average molecular weight is 423 g/mol. The third-order valence-electron chi connectivity index (χ3n) is 5.10. The Morgan fingerprint density at radius 1 is 0.935 bits per heavy atom. The van der Waals surface area contributed by atoms with E-state index >= 15 is 0 Å². The van der Waals surface area contributed by atoms with Crippen LogP contribution in [0.5, 0.6) is 11.5 Å². The molecule has 0 heterocycles. The summed E-state index contributed by atoms with van der Waals surface area (Å²) in [7, 11) is 0. The molecule has 0 N–H and O–H groups in total. The predicted molar refractivity (Wildman–Crippen MR) is 111 cm³/mol. The number of ether oxygens (including phenoxy) is 3. The quantitative estimate of drug-likeness (QED) is 0.282. The molecule has 7 heteroatoms. The molecule has 1 saturated carbocycles. The zero-order valence-electron chi connectivity index (χ0n) is 17.2. The van der Waals surface area contributed by atoms with Crippen LogP contribution >= 0.6 is 0 Å². The van der Waals surface area contributed by atoms with Gasteiger partial charge < -0.3 is 14.2 Å². The lowest BCUT2D eigenvalue weighted by Gasteiger charge is -2.21. The molecule has 161 valence electrons. The SMILES string of the molecule is CCOC(=O)Oc1ccccc1C(=O)c1cccc([C]=O)c1OC(=O)C1CCCCC1. The molecule has 31 heavy (non-hydrogen) atoms. The molecule has 1 aliphatic rings. The molecule has 0 unspecified atom stereocenters. The van der Waals surface area contributed by atoms with E-state index in [0.717, 1.165) is 19.3 Å². The van der Waals surface area contributed by atoms with Crippen LogP contribution in [-0.4, -0.2) is 30.8 Å². The highest BCUT2D eigenvalue weighted by Gasteiger charge is 2.27. The maximum Gasteiger partial charge on any atom is 0.513 e. The first-order valence-electron chi connectivity index (χ1n) is 10.3. The topological polar surface area (TPSA) is 96.0 Å². The molecule has 0 saturated heterocycles. The Hall–Kier alpha value is -3.48. The van der Waals surface area contributed by atoms with Crippen LogP contribution in [0.1, 0.15) is 60.5 Å². The molecule has 1 aliphatic carbocycles. The minimum absolute atomic E-state index is 0.00371. The summed E-state index contributed by atoms with van der Waals surface area (Å²) >= 11 is 0. The maximum absolute atomic E-state index is 13.3. The van der Waals surface area contributed by atoms with Gasteiger partial charge in [0, 0.05) is 0 Å². The van der Waals surface area contributed by atoms with Crippen molar-refractivity contribution in [1.29, 1.82) is 0 Å². The van der Waals surface area contributed by atoms with E-state index in [2.05, 4.69) is 0 Å². The second-order valence-corrected chi connectivity index (χ2v) is 7.15. The minimum Gasteiger partial charge on any atom is -0.434 e. The van der Waals surface area contributed by atoms with Gasteiger partial charge in [-0.05, 0) is 44.0 Å². The lowest BCUT2D eigenvalue weighted by atomic mass is 9.89. The van der Waals surface area contributed by atoms with Crippen molar-refractivity contribution in [3.8, 4) is 11.5 Å². The summed E-state index contributed by atoms with van der Waals surface area (Å²) in [5.74, 6) is -1.44. The summed E-state index contributed by atoms with van der Waals surface area (Å²) in [6.07, 6.45) is 5.16. The van der Waals surface area contributed by atoms with Crippen molar-refractivity contribution in [2.24, 2.45) is 5.92 Å². The summed E-state index contributed by atoms with van der Waals surface area (Å²) in [4.78, 5) is 49.2. The van der Waals surface area contributed by atoms with E-state index in [-0.39, 0.29) is 40.7 Å². The zero-order chi connectivity index (χ0) is 22.2. The lowest BCUT2D eigenvalue weighted by molar-refractivity contribution is -0.140. The second-order valence-electron chi connectivity index (χ2n) is 7.15. The first kappa shape index (κ1) is 22.2. The van der Waals surface area contributed by atoms with Gasteiger partial charge in [-0.25, -0.2) is 4.79 Å². The van der Waals surface area contributed by atoms with Gasteiger partial charge in [-0.2, -0.15) is 0 Å². The molecule has 0 aromatic heterocycles. The van der Waals surface area contributed by atoms with Gasteiger partial charge in [0.15, 0.2) is 5.75 Å². The highest BCUT2D eigenvalue weighted by Crippen LogP contribution is 2.31. The molecule has 1 radical (unpaired) electrons. The van der Waals surface area contributed by atoms with E-state index in [1.165, 1.54) is 30.3 Å². The van der Waals surface area contributed by atoms with Crippen molar-refractivity contribution in [3.63, 3.8) is 0 Å². The van der Waals surface area contributed by atoms with Gasteiger partial charge in [-0.15, -0.1) is 0 Å². The predicted octanol–water partition coefficient (Wildman–Crippen LogP) is 4.40. The summed E-state index contributed by atoms with van der Waals surface area (Å²) in [6, 6.07) is 10.5. The van der Waals surface area contributed by atoms with Crippen LogP contribution in [0, 0.1) is 5.92 Å². The number of esters is 1. The van der Waals surface area contributed by atoms with Crippen LogP contribution < -0.4 is 9.47 Å². The molecule has 3 rings (SSSR count). The standard InChI is InChI=1S/C24H23O7/c1-2-29-24(28)30-20-14-7-6-12-18(20)21(26)19-13-8-11-17(15-25)22(19)31-23(27)16-9-4-3-5-10-16/h6-8,11-14,16H,2-5,9-10H2,1H3. The monoisotopic (exact) mass is 423 g/mol. The number of rotatable bonds is 7. The van der Waals surface area contributed by atoms with Gasteiger partial charge in [-0.3, -0.25) is 14.4 Å². The van der Waals surface area contributed by atoms with Crippen molar-refractivity contribution in [3.05, 3.63) is 59.2 Å². The van der Waals surface area contributed by atoms with Gasteiger partial charge in [0.1, 0.15) is 5.75 Å². The summed E-state index contributed by atoms with van der Waals surface area (Å²) < 4.78 is 15.5. The van der Waals surface area contributed by atoms with Crippen LogP contribution in [0.25, 0.3) is 0 Å². The Kier molecular flexibility index (Phi) is 7.54. The van der Waals surface area contributed by atoms with E-state index in [0.29, 0.717) is 12.8 Å². The Labute approximate surface area is 180 Å². The number of hydrogen-bond acceptors (Lipinski definition) is 7. The molecule has 0 atom stereocenters. The summed E-state index contributed by atoms with van der Waals surface area (Å²) in [6.45, 7) is 1.75. The van der Waals surface area contributed by atoms with Crippen molar-refractivity contribution >= 4 is 24.2 Å². The fourth-order valence-corrected chi connectivity index (χ4v) is 3.55. The van der Waals surface area contributed by atoms with Gasteiger partial charge >= 0.3 is 12.1 Å². The number of carbonyl (C=O) groups excluding carboxylic acids is 4. The maximum atomic E-state index is 13.3. The number of benzene rings is 2. The van der Waals surface area contributed by atoms with Gasteiger partial charge in [0.25, 0.3) is 0 Å². The van der Waals surface area contributed by atoms with Crippen molar-refractivity contribution < 1.29 is 33.4 Å². The number of para-hydroxylation sites is 2. The Morgan fingerprint density at radius 2 is 1.65 bits per heavy atom. The number of ketones is 1. The van der Waals surface area contributed by atoms with E-state index in [4.69, 9.17) is 14.2 Å². The first-order valence-corrected chi connectivity index (χ1v) is 10.3. The normalized spacial score (nSPS) is 13.8. The molecule has 7 nitrogen and oxygen atoms in total. The Bertz CT molecular complexity index is 974. The fraction of sp³-hybridized carbons (Fsp3) is 0.333. The van der Waals surface area contributed by atoms with Crippen LogP contribution in [0.3, 0.4) is 0 Å². The molecule has 0 aliphatic heterocycles. The minimum atomic E-state index is -0.943. The van der Waals surface area contributed by atoms with E-state index in [1.807, 2.05) is 0 Å². The van der Waals surface area contributed by atoms with Crippen LogP contribution in [-0.2, 0) is 14.3 Å². The van der Waals surface area contributed by atoms with Crippen LogP contribution in [0.15, 0.2) is 42.5 Å². The van der Waals surface area contributed by atoms with Crippen molar-refractivity contribution in [2.45, 2.75) is 39.0 Å². The zero-order valence-corrected chi connectivity index (χ0v) is 17.2. The third-order valence-corrected chi connectivity index (χ3v) is 5.10. The van der Waals surface area contributed by atoms with Crippen molar-refractivity contribution in [1.82, 2.24) is 0 Å². The van der Waals surface area contributed by atoms with Gasteiger partial charge in [-0.1, -0.05) is 37.5 Å². The molecular weight excluding hydrogens is 400 g/mol. The third kappa shape index (κ3) is 5.36. The van der Waals surface area contributed by atoms with Crippen LogP contribution in [0.2, 0.25) is 0 Å². The average Bonchev–Trinajstić information content (AvgIpc) is 2.80. The summed E-state index contributed by atoms with van der Waals surface area (Å²) in [5, 5.41) is 0. The Balaban J connectivity index is 1.94. The van der Waals surface area contributed by atoms with E-state index in [9.17, 15) is 19.2 Å². The molecule has 0 spiro atoms. The number of hydrogen-bond donors (Lipinski definition) is 0. The number of carbonyl (C=O) groups is 3. The lowest BCUT2D eigenvalue weighted by Crippen LogP contribution is -2.24. The molecule has 2 aromatic rings. The first-order chi connectivity index (χ1) is 15.0. The van der Waals surface area contributed by atoms with Crippen LogP contribution in [0.4, 0.5) is 4.79 Å². The van der Waals surface area contributed by atoms with Gasteiger partial charge in [0.05, 0.1) is 29.2 Å². The molecule has 1 fully saturated rings. The van der Waals surface area contributed by atoms with E-state index in [1.54, 1.807) is 25.3 Å².